The van der Waals surface area contributed by atoms with Crippen LogP contribution >= 0.6 is 0 Å². The largest absolute Gasteiger partial charge is 0.450 e. The Kier molecular flexibility index (Phi) is 10.5. The molecule has 11 heteroatoms. The highest BCUT2D eigenvalue weighted by atomic mass is 16.7. The summed E-state index contributed by atoms with van der Waals surface area (Å²) >= 11 is 0. The summed E-state index contributed by atoms with van der Waals surface area (Å²) in [6.07, 6.45) is 4.74. The topological polar surface area (TPSA) is 154 Å². The Morgan fingerprint density at radius 2 is 1.35 bits per heavy atom. The van der Waals surface area contributed by atoms with Crippen molar-refractivity contribution in [3.05, 3.63) is 112 Å². The first kappa shape index (κ1) is 34.0. The van der Waals surface area contributed by atoms with Gasteiger partial charge in [-0.25, -0.2) is 4.79 Å². The monoisotopic (exact) mass is 667 g/mol. The third kappa shape index (κ3) is 8.77. The zero-order valence-electron chi connectivity index (χ0n) is 27.3. The number of non-ortho nitro benzene ring substituents is 1. The fourth-order valence-electron chi connectivity index (χ4n) is 8.14. The first-order valence-electron chi connectivity index (χ1n) is 17.0. The molecule has 0 heterocycles. The van der Waals surface area contributed by atoms with Gasteiger partial charge < -0.3 is 14.9 Å². The molecule has 0 saturated heterocycles. The molecule has 3 aromatic rings. The second kappa shape index (κ2) is 15.1. The van der Waals surface area contributed by atoms with E-state index in [0.29, 0.717) is 28.9 Å². The van der Waals surface area contributed by atoms with Crippen LogP contribution in [0.5, 0.6) is 0 Å². The first-order valence-corrected chi connectivity index (χ1v) is 17.0. The van der Waals surface area contributed by atoms with Gasteiger partial charge in [0.15, 0.2) is 5.78 Å². The maximum Gasteiger partial charge on any atom is 0.366 e. The molecular weight excluding hydrogens is 626 g/mol. The highest BCUT2D eigenvalue weighted by Crippen LogP contribution is 2.55. The van der Waals surface area contributed by atoms with Gasteiger partial charge in [-0.2, -0.15) is 0 Å². The molecule has 0 radical (unpaired) electrons. The summed E-state index contributed by atoms with van der Waals surface area (Å²) in [5.41, 5.74) is 4.49. The van der Waals surface area contributed by atoms with Crippen LogP contribution in [0, 0.1) is 27.9 Å². The number of nitro benzene ring substituents is 1. The number of carbonyl (C=O) groups is 4. The highest BCUT2D eigenvalue weighted by molar-refractivity contribution is 5.98. The molecule has 1 amide bonds. The summed E-state index contributed by atoms with van der Waals surface area (Å²) in [4.78, 5) is 69.3. The van der Waals surface area contributed by atoms with Crippen LogP contribution in [0.15, 0.2) is 84.9 Å². The fraction of sp³-hybridized carbons (Fsp3) is 0.421. The Bertz CT molecular complexity index is 1630. The molecule has 11 nitrogen and oxygen atoms in total. The predicted molar refractivity (Wildman–Crippen MR) is 179 cm³/mol. The van der Waals surface area contributed by atoms with Crippen LogP contribution in [0.3, 0.4) is 0 Å². The first-order chi connectivity index (χ1) is 23.6. The number of hydrogen-bond acceptors (Lipinski definition) is 9. The number of ketones is 1. The van der Waals surface area contributed by atoms with Crippen molar-refractivity contribution in [2.45, 2.75) is 81.9 Å². The molecule has 2 atom stereocenters. The SMILES string of the molecule is O=C(CCC(=O)C(Cc1ccccc1)NC(=O)c1ccccc1)O[C@@H](Cc1ccc([N+](=O)[O-])cc1)C(=O)ONC12CC3CC(CC(C3)C1)C2. The van der Waals surface area contributed by atoms with E-state index >= 15 is 0 Å². The molecule has 0 spiro atoms. The highest BCUT2D eigenvalue weighted by Gasteiger charge is 2.52. The number of nitrogens with one attached hydrogen (secondary N) is 2. The zero-order valence-corrected chi connectivity index (χ0v) is 27.3. The normalized spacial score (nSPS) is 23.2. The Balaban J connectivity index is 1.10. The average Bonchev–Trinajstić information content (AvgIpc) is 3.09. The lowest BCUT2D eigenvalue weighted by molar-refractivity contribution is -0.384. The third-order valence-electron chi connectivity index (χ3n) is 10.1. The Labute approximate surface area is 284 Å². The number of hydrogen-bond donors (Lipinski definition) is 2. The van der Waals surface area contributed by atoms with Crippen LogP contribution in [0.4, 0.5) is 5.69 Å². The summed E-state index contributed by atoms with van der Waals surface area (Å²) in [5, 5.41) is 14.0. The van der Waals surface area contributed by atoms with Crippen LogP contribution < -0.4 is 10.8 Å². The second-order valence-corrected chi connectivity index (χ2v) is 13.9. The van der Waals surface area contributed by atoms with Gasteiger partial charge in [0.05, 0.1) is 22.9 Å². The minimum Gasteiger partial charge on any atom is -0.450 e. The number of amides is 1. The van der Waals surface area contributed by atoms with Gasteiger partial charge in [0.25, 0.3) is 11.6 Å². The number of ether oxygens (including phenoxy) is 1. The fourth-order valence-corrected chi connectivity index (χ4v) is 8.14. The van der Waals surface area contributed by atoms with E-state index in [0.717, 1.165) is 24.8 Å². The lowest BCUT2D eigenvalue weighted by Crippen LogP contribution is -2.59. The predicted octanol–water partition coefficient (Wildman–Crippen LogP) is 5.46. The molecule has 256 valence electrons. The van der Waals surface area contributed by atoms with E-state index in [1.807, 2.05) is 30.3 Å². The van der Waals surface area contributed by atoms with Crippen molar-refractivity contribution in [3.63, 3.8) is 0 Å². The lowest BCUT2D eigenvalue weighted by Gasteiger charge is -2.56. The smallest absolute Gasteiger partial charge is 0.366 e. The number of hydroxylamine groups is 1. The molecule has 4 bridgehead atoms. The maximum atomic E-state index is 13.5. The average molecular weight is 668 g/mol. The van der Waals surface area contributed by atoms with Gasteiger partial charge >= 0.3 is 11.9 Å². The molecule has 1 unspecified atom stereocenters. The summed E-state index contributed by atoms with van der Waals surface area (Å²) in [7, 11) is 0. The van der Waals surface area contributed by atoms with Crippen molar-refractivity contribution in [1.29, 1.82) is 0 Å². The molecule has 4 fully saturated rings. The van der Waals surface area contributed by atoms with Gasteiger partial charge in [-0.15, -0.1) is 5.48 Å². The van der Waals surface area contributed by atoms with Gasteiger partial charge in [-0.1, -0.05) is 60.7 Å². The van der Waals surface area contributed by atoms with Gasteiger partial charge in [-0.05, 0) is 86.0 Å². The minimum absolute atomic E-state index is 0.0666. The van der Waals surface area contributed by atoms with E-state index in [2.05, 4.69) is 10.8 Å². The van der Waals surface area contributed by atoms with E-state index in [9.17, 15) is 29.3 Å². The number of esters is 1. The Hall–Kier alpha value is -4.90. The lowest BCUT2D eigenvalue weighted by atomic mass is 9.53. The van der Waals surface area contributed by atoms with Crippen molar-refractivity contribution in [2.75, 3.05) is 0 Å². The van der Waals surface area contributed by atoms with E-state index in [1.54, 1.807) is 30.3 Å². The van der Waals surface area contributed by atoms with Gasteiger partial charge in [-0.3, -0.25) is 24.5 Å². The van der Waals surface area contributed by atoms with Crippen LogP contribution in [-0.4, -0.2) is 46.2 Å². The molecule has 49 heavy (non-hydrogen) atoms. The number of benzene rings is 3. The molecule has 4 saturated carbocycles. The van der Waals surface area contributed by atoms with Crippen molar-refractivity contribution in [2.24, 2.45) is 17.8 Å². The van der Waals surface area contributed by atoms with E-state index in [-0.39, 0.29) is 42.7 Å². The molecule has 3 aromatic carbocycles. The summed E-state index contributed by atoms with van der Waals surface area (Å²) in [6.45, 7) is 0. The molecule has 0 aliphatic heterocycles. The summed E-state index contributed by atoms with van der Waals surface area (Å²) < 4.78 is 5.64. The van der Waals surface area contributed by atoms with Crippen molar-refractivity contribution >= 4 is 29.3 Å². The Morgan fingerprint density at radius 1 is 0.776 bits per heavy atom. The van der Waals surface area contributed by atoms with Crippen LogP contribution in [0.2, 0.25) is 0 Å². The minimum atomic E-state index is -1.34. The summed E-state index contributed by atoms with van der Waals surface area (Å²) in [5.74, 6) is -0.464. The van der Waals surface area contributed by atoms with E-state index in [1.165, 1.54) is 43.5 Å². The number of nitrogens with zero attached hydrogens (tertiary/aromatic N) is 1. The van der Waals surface area contributed by atoms with E-state index < -0.39 is 34.9 Å². The van der Waals surface area contributed by atoms with Gasteiger partial charge in [0.2, 0.25) is 6.10 Å². The van der Waals surface area contributed by atoms with Crippen molar-refractivity contribution in [3.8, 4) is 0 Å². The molecule has 0 aromatic heterocycles. The van der Waals surface area contributed by atoms with Gasteiger partial charge in [0.1, 0.15) is 0 Å². The standard InChI is InChI=1S/C38H41N3O8/c42-33(32(20-25-7-3-1-4-8-25)39-36(44)30-9-5-2-6-10-30)15-16-35(43)48-34(21-26-11-13-31(14-12-26)41(46)47)37(45)49-40-38-22-27-17-28(23-38)19-29(18-27)24-38/h1-14,27-29,32,34,40H,15-24H2,(H,39,44)/t27?,28?,29?,32?,34-,38?/m0/s1. The van der Waals surface area contributed by atoms with Crippen molar-refractivity contribution < 1.29 is 33.7 Å². The quantitative estimate of drug-likeness (QED) is 0.122. The maximum absolute atomic E-state index is 13.5. The number of Topliss-reactive ketones (excluding diaryl/α,β-unsaturated/α-hetero) is 1. The zero-order chi connectivity index (χ0) is 34.4. The molecular formula is C38H41N3O8. The molecule has 4 aliphatic rings. The number of rotatable bonds is 15. The second-order valence-electron chi connectivity index (χ2n) is 13.9. The molecule has 7 rings (SSSR count). The van der Waals surface area contributed by atoms with Gasteiger partial charge in [0, 0.05) is 30.5 Å². The van der Waals surface area contributed by atoms with Crippen molar-refractivity contribution in [1.82, 2.24) is 10.8 Å². The number of nitro groups is 1. The third-order valence-corrected chi connectivity index (χ3v) is 10.1. The molecule has 4 aliphatic carbocycles. The molecule has 2 N–H and O–H groups in total. The van der Waals surface area contributed by atoms with Crippen LogP contribution in [0.25, 0.3) is 0 Å². The van der Waals surface area contributed by atoms with E-state index in [4.69, 9.17) is 9.57 Å². The Morgan fingerprint density at radius 3 is 1.94 bits per heavy atom. The summed E-state index contributed by atoms with van der Waals surface area (Å²) in [6, 6.07) is 22.6. The van der Waals surface area contributed by atoms with Crippen LogP contribution in [-0.2, 0) is 36.8 Å². The number of carbonyl (C=O) groups excluding carboxylic acids is 4. The van der Waals surface area contributed by atoms with Crippen LogP contribution in [0.1, 0.15) is 72.9 Å².